The molecule has 2 fully saturated rings. The number of piperazine rings is 1. The van der Waals surface area contributed by atoms with E-state index in [0.29, 0.717) is 0 Å². The first kappa shape index (κ1) is 10.7. The van der Waals surface area contributed by atoms with Crippen LogP contribution in [-0.4, -0.2) is 47.0 Å². The molecule has 0 aromatic carbocycles. The van der Waals surface area contributed by atoms with Gasteiger partial charge in [0.25, 0.3) is 0 Å². The zero-order valence-electron chi connectivity index (χ0n) is 9.85. The molecule has 1 atom stereocenters. The second kappa shape index (κ2) is 4.43. The average Bonchev–Trinajstić information content (AvgIpc) is 2.87. The van der Waals surface area contributed by atoms with Gasteiger partial charge in [0.2, 0.25) is 0 Å². The number of hydrogen-bond donors (Lipinski definition) is 0. The maximum absolute atomic E-state index is 4.46. The number of fused-ring (bicyclic) bond motifs is 1. The van der Waals surface area contributed by atoms with Crippen LogP contribution in [0.2, 0.25) is 0 Å². The number of aryl methyl sites for hydroxylation is 1. The molecule has 0 bridgehead atoms. The molecule has 3 nitrogen and oxygen atoms in total. The topological polar surface area (TPSA) is 19.4 Å². The van der Waals surface area contributed by atoms with Gasteiger partial charge < -0.3 is 0 Å². The molecule has 2 aliphatic rings. The number of hydrogen-bond acceptors (Lipinski definition) is 4. The van der Waals surface area contributed by atoms with E-state index in [1.54, 1.807) is 0 Å². The van der Waals surface area contributed by atoms with Crippen molar-refractivity contribution in [3.63, 3.8) is 0 Å². The molecule has 3 rings (SSSR count). The van der Waals surface area contributed by atoms with E-state index in [-0.39, 0.29) is 0 Å². The Bertz CT molecular complexity index is 363. The molecular weight excluding hydrogens is 218 g/mol. The SMILES string of the molecule is Cc1cnc(CN2CCN3CCCC3C2)s1. The van der Waals surface area contributed by atoms with Gasteiger partial charge in [-0.05, 0) is 26.3 Å². The van der Waals surface area contributed by atoms with Crippen LogP contribution in [0, 0.1) is 6.92 Å². The van der Waals surface area contributed by atoms with Crippen molar-refractivity contribution in [3.05, 3.63) is 16.1 Å². The minimum absolute atomic E-state index is 0.829. The molecule has 1 unspecified atom stereocenters. The largest absolute Gasteiger partial charge is 0.298 e. The smallest absolute Gasteiger partial charge is 0.107 e. The van der Waals surface area contributed by atoms with Gasteiger partial charge >= 0.3 is 0 Å². The van der Waals surface area contributed by atoms with Crippen LogP contribution in [0.25, 0.3) is 0 Å². The molecule has 0 spiro atoms. The minimum atomic E-state index is 0.829. The molecule has 4 heteroatoms. The molecule has 3 heterocycles. The summed E-state index contributed by atoms with van der Waals surface area (Å²) >= 11 is 1.84. The zero-order chi connectivity index (χ0) is 11.0. The first-order chi connectivity index (χ1) is 7.81. The maximum atomic E-state index is 4.46. The van der Waals surface area contributed by atoms with E-state index in [1.807, 2.05) is 17.5 Å². The Labute approximate surface area is 101 Å². The predicted molar refractivity (Wildman–Crippen MR) is 66.7 cm³/mol. The average molecular weight is 237 g/mol. The van der Waals surface area contributed by atoms with Gasteiger partial charge in [-0.1, -0.05) is 0 Å². The molecule has 0 radical (unpaired) electrons. The van der Waals surface area contributed by atoms with Crippen molar-refractivity contribution in [2.45, 2.75) is 32.4 Å². The van der Waals surface area contributed by atoms with E-state index in [4.69, 9.17) is 0 Å². The van der Waals surface area contributed by atoms with Crippen LogP contribution in [0.4, 0.5) is 0 Å². The fraction of sp³-hybridized carbons (Fsp3) is 0.750. The summed E-state index contributed by atoms with van der Waals surface area (Å²) in [6.45, 7) is 8.25. The number of aromatic nitrogens is 1. The van der Waals surface area contributed by atoms with Crippen molar-refractivity contribution in [1.29, 1.82) is 0 Å². The molecule has 2 saturated heterocycles. The lowest BCUT2D eigenvalue weighted by atomic mass is 10.1. The molecule has 0 aliphatic carbocycles. The van der Waals surface area contributed by atoms with E-state index < -0.39 is 0 Å². The molecule has 2 aliphatic heterocycles. The normalized spacial score (nSPS) is 27.2. The molecule has 0 saturated carbocycles. The first-order valence-electron chi connectivity index (χ1n) is 6.19. The standard InChI is InChI=1S/C12H19N3S/c1-10-7-13-12(16-10)9-14-5-6-15-4-2-3-11(15)8-14/h7,11H,2-6,8-9H2,1H3. The summed E-state index contributed by atoms with van der Waals surface area (Å²) in [6, 6.07) is 0.829. The van der Waals surface area contributed by atoms with Crippen molar-refractivity contribution in [2.75, 3.05) is 26.2 Å². The van der Waals surface area contributed by atoms with Crippen LogP contribution in [0.1, 0.15) is 22.7 Å². The Morgan fingerprint density at radius 1 is 1.44 bits per heavy atom. The fourth-order valence-electron chi connectivity index (χ4n) is 2.86. The predicted octanol–water partition coefficient (Wildman–Crippen LogP) is 1.73. The lowest BCUT2D eigenvalue weighted by molar-refractivity contribution is 0.0993. The Morgan fingerprint density at radius 3 is 3.19 bits per heavy atom. The lowest BCUT2D eigenvalue weighted by Crippen LogP contribution is -2.49. The van der Waals surface area contributed by atoms with Crippen molar-refractivity contribution in [3.8, 4) is 0 Å². The molecule has 88 valence electrons. The van der Waals surface area contributed by atoms with Gasteiger partial charge in [-0.25, -0.2) is 4.98 Å². The van der Waals surface area contributed by atoms with E-state index >= 15 is 0 Å². The second-order valence-corrected chi connectivity index (χ2v) is 6.25. The minimum Gasteiger partial charge on any atom is -0.298 e. The van der Waals surface area contributed by atoms with E-state index in [2.05, 4.69) is 21.7 Å². The Kier molecular flexibility index (Phi) is 2.96. The van der Waals surface area contributed by atoms with Crippen molar-refractivity contribution >= 4 is 11.3 Å². The number of nitrogens with zero attached hydrogens (tertiary/aromatic N) is 3. The maximum Gasteiger partial charge on any atom is 0.107 e. The highest BCUT2D eigenvalue weighted by Crippen LogP contribution is 2.23. The van der Waals surface area contributed by atoms with Gasteiger partial charge in [0, 0.05) is 36.8 Å². The van der Waals surface area contributed by atoms with Gasteiger partial charge in [0.05, 0.1) is 6.54 Å². The zero-order valence-corrected chi connectivity index (χ0v) is 10.7. The summed E-state index contributed by atoms with van der Waals surface area (Å²) in [5.74, 6) is 0. The third-order valence-corrected chi connectivity index (χ3v) is 4.60. The quantitative estimate of drug-likeness (QED) is 0.781. The van der Waals surface area contributed by atoms with Crippen LogP contribution >= 0.6 is 11.3 Å². The van der Waals surface area contributed by atoms with E-state index in [9.17, 15) is 0 Å². The van der Waals surface area contributed by atoms with Gasteiger partial charge in [-0.3, -0.25) is 9.80 Å². The highest BCUT2D eigenvalue weighted by molar-refractivity contribution is 7.11. The monoisotopic (exact) mass is 237 g/mol. The molecule has 16 heavy (non-hydrogen) atoms. The molecule has 0 amide bonds. The van der Waals surface area contributed by atoms with Gasteiger partial charge in [-0.15, -0.1) is 11.3 Å². The third kappa shape index (κ3) is 2.14. The number of rotatable bonds is 2. The Balaban J connectivity index is 1.60. The van der Waals surface area contributed by atoms with E-state index in [0.717, 1.165) is 12.6 Å². The highest BCUT2D eigenvalue weighted by atomic mass is 32.1. The van der Waals surface area contributed by atoms with Crippen LogP contribution in [0.3, 0.4) is 0 Å². The number of thiazole rings is 1. The summed E-state index contributed by atoms with van der Waals surface area (Å²) in [6.07, 6.45) is 4.79. The summed E-state index contributed by atoms with van der Waals surface area (Å²) in [4.78, 5) is 11.0. The third-order valence-electron chi connectivity index (χ3n) is 3.70. The fourth-order valence-corrected chi connectivity index (χ4v) is 3.69. The van der Waals surface area contributed by atoms with E-state index in [1.165, 1.54) is 48.9 Å². The Hall–Kier alpha value is -0.450. The van der Waals surface area contributed by atoms with Gasteiger partial charge in [-0.2, -0.15) is 0 Å². The summed E-state index contributed by atoms with van der Waals surface area (Å²) in [7, 11) is 0. The molecule has 0 N–H and O–H groups in total. The van der Waals surface area contributed by atoms with Gasteiger partial charge in [0.1, 0.15) is 5.01 Å². The van der Waals surface area contributed by atoms with Crippen LogP contribution in [-0.2, 0) is 6.54 Å². The molecule has 1 aromatic rings. The van der Waals surface area contributed by atoms with Crippen molar-refractivity contribution < 1.29 is 0 Å². The summed E-state index contributed by atoms with van der Waals surface area (Å²) < 4.78 is 0. The van der Waals surface area contributed by atoms with Gasteiger partial charge in [0.15, 0.2) is 0 Å². The second-order valence-electron chi connectivity index (χ2n) is 4.93. The lowest BCUT2D eigenvalue weighted by Gasteiger charge is -2.37. The summed E-state index contributed by atoms with van der Waals surface area (Å²) in [5.41, 5.74) is 0. The van der Waals surface area contributed by atoms with Crippen LogP contribution < -0.4 is 0 Å². The highest BCUT2D eigenvalue weighted by Gasteiger charge is 2.30. The molecule has 1 aromatic heterocycles. The van der Waals surface area contributed by atoms with Crippen molar-refractivity contribution in [2.24, 2.45) is 0 Å². The van der Waals surface area contributed by atoms with Crippen molar-refractivity contribution in [1.82, 2.24) is 14.8 Å². The van der Waals surface area contributed by atoms with Crippen LogP contribution in [0.15, 0.2) is 6.20 Å². The molecular formula is C12H19N3S. The van der Waals surface area contributed by atoms with Crippen LogP contribution in [0.5, 0.6) is 0 Å². The summed E-state index contributed by atoms with van der Waals surface area (Å²) in [5, 5.41) is 1.28. The Morgan fingerprint density at radius 2 is 2.38 bits per heavy atom. The first-order valence-corrected chi connectivity index (χ1v) is 7.00.